The molecule has 0 radical (unpaired) electrons. The quantitative estimate of drug-likeness (QED) is 0.829. The van der Waals surface area contributed by atoms with Crippen molar-refractivity contribution in [3.63, 3.8) is 0 Å². The number of rotatable bonds is 3. The fraction of sp³-hybridized carbons (Fsp3) is 1.00. The van der Waals surface area contributed by atoms with Crippen molar-refractivity contribution in [1.29, 1.82) is 0 Å². The van der Waals surface area contributed by atoms with Crippen molar-refractivity contribution in [2.75, 3.05) is 26.2 Å². The van der Waals surface area contributed by atoms with E-state index in [-0.39, 0.29) is 0 Å². The summed E-state index contributed by atoms with van der Waals surface area (Å²) in [7, 11) is 0. The van der Waals surface area contributed by atoms with Gasteiger partial charge in [-0.1, -0.05) is 33.6 Å². The SMILES string of the molecule is CCC1CCN(CC2(C)CCCC2)CC(C)CN1. The van der Waals surface area contributed by atoms with E-state index in [1.54, 1.807) is 0 Å². The lowest BCUT2D eigenvalue weighted by molar-refractivity contribution is 0.131. The molecule has 18 heavy (non-hydrogen) atoms. The van der Waals surface area contributed by atoms with Gasteiger partial charge in [0.25, 0.3) is 0 Å². The highest BCUT2D eigenvalue weighted by molar-refractivity contribution is 4.85. The predicted octanol–water partition coefficient (Wildman–Crippen LogP) is 3.28. The van der Waals surface area contributed by atoms with Crippen molar-refractivity contribution in [3.8, 4) is 0 Å². The molecular formula is C16H32N2. The van der Waals surface area contributed by atoms with E-state index in [4.69, 9.17) is 0 Å². The molecule has 0 aromatic rings. The van der Waals surface area contributed by atoms with E-state index >= 15 is 0 Å². The lowest BCUT2D eigenvalue weighted by Crippen LogP contribution is -2.46. The van der Waals surface area contributed by atoms with Crippen molar-refractivity contribution < 1.29 is 0 Å². The molecule has 0 aromatic heterocycles. The molecule has 1 saturated heterocycles. The van der Waals surface area contributed by atoms with Crippen molar-refractivity contribution in [1.82, 2.24) is 10.2 Å². The molecule has 0 aromatic carbocycles. The van der Waals surface area contributed by atoms with Crippen molar-refractivity contribution in [2.24, 2.45) is 11.3 Å². The summed E-state index contributed by atoms with van der Waals surface area (Å²) in [6.45, 7) is 12.4. The van der Waals surface area contributed by atoms with Crippen molar-refractivity contribution >= 4 is 0 Å². The number of hydrogen-bond acceptors (Lipinski definition) is 2. The molecule has 106 valence electrons. The lowest BCUT2D eigenvalue weighted by atomic mass is 9.87. The summed E-state index contributed by atoms with van der Waals surface area (Å²) in [6.07, 6.45) is 8.43. The highest BCUT2D eigenvalue weighted by Crippen LogP contribution is 2.38. The van der Waals surface area contributed by atoms with E-state index in [2.05, 4.69) is 31.0 Å². The third kappa shape index (κ3) is 3.96. The van der Waals surface area contributed by atoms with Gasteiger partial charge in [0.05, 0.1) is 0 Å². The molecule has 1 aliphatic carbocycles. The predicted molar refractivity (Wildman–Crippen MR) is 78.9 cm³/mol. The Labute approximate surface area is 114 Å². The summed E-state index contributed by atoms with van der Waals surface area (Å²) < 4.78 is 0. The summed E-state index contributed by atoms with van der Waals surface area (Å²) in [5, 5.41) is 3.72. The van der Waals surface area contributed by atoms with Gasteiger partial charge in [0.1, 0.15) is 0 Å². The molecule has 1 heterocycles. The zero-order chi connectivity index (χ0) is 13.0. The Balaban J connectivity index is 1.89. The molecule has 2 aliphatic rings. The second-order valence-corrected chi connectivity index (χ2v) is 7.16. The Hall–Kier alpha value is -0.0800. The standard InChI is InChI=1S/C16H32N2/c1-4-15-7-10-18(12-14(2)11-17-15)13-16(3)8-5-6-9-16/h14-15,17H,4-13H2,1-3H3. The van der Waals surface area contributed by atoms with Crippen LogP contribution in [0.15, 0.2) is 0 Å². The minimum Gasteiger partial charge on any atom is -0.314 e. The summed E-state index contributed by atoms with van der Waals surface area (Å²) in [5.41, 5.74) is 0.619. The number of hydrogen-bond donors (Lipinski definition) is 1. The van der Waals surface area contributed by atoms with Crippen LogP contribution in [0.5, 0.6) is 0 Å². The van der Waals surface area contributed by atoms with Crippen molar-refractivity contribution in [3.05, 3.63) is 0 Å². The Morgan fingerprint density at radius 3 is 2.67 bits per heavy atom. The van der Waals surface area contributed by atoms with Gasteiger partial charge in [0.2, 0.25) is 0 Å². The van der Waals surface area contributed by atoms with Crippen LogP contribution < -0.4 is 5.32 Å². The van der Waals surface area contributed by atoms with Crippen LogP contribution in [0.2, 0.25) is 0 Å². The first kappa shape index (κ1) is 14.3. The number of nitrogens with one attached hydrogen (secondary N) is 1. The van der Waals surface area contributed by atoms with Crippen LogP contribution in [0, 0.1) is 11.3 Å². The van der Waals surface area contributed by atoms with Crippen LogP contribution in [0.3, 0.4) is 0 Å². The summed E-state index contributed by atoms with van der Waals surface area (Å²) >= 11 is 0. The van der Waals surface area contributed by atoms with Gasteiger partial charge in [0, 0.05) is 19.1 Å². The zero-order valence-electron chi connectivity index (χ0n) is 12.7. The first-order chi connectivity index (χ1) is 8.61. The van der Waals surface area contributed by atoms with E-state index in [1.165, 1.54) is 64.7 Å². The van der Waals surface area contributed by atoms with Crippen LogP contribution in [0.1, 0.15) is 59.3 Å². The van der Waals surface area contributed by atoms with Crippen molar-refractivity contribution in [2.45, 2.75) is 65.3 Å². The largest absolute Gasteiger partial charge is 0.314 e. The van der Waals surface area contributed by atoms with Crippen LogP contribution in [-0.4, -0.2) is 37.1 Å². The van der Waals surface area contributed by atoms with Crippen LogP contribution in [0.4, 0.5) is 0 Å². The maximum Gasteiger partial charge on any atom is 0.00767 e. The second-order valence-electron chi connectivity index (χ2n) is 7.16. The molecule has 2 fully saturated rings. The average molecular weight is 252 g/mol. The van der Waals surface area contributed by atoms with E-state index in [1.807, 2.05) is 0 Å². The second kappa shape index (κ2) is 6.38. The van der Waals surface area contributed by atoms with E-state index in [0.29, 0.717) is 5.41 Å². The fourth-order valence-electron chi connectivity index (χ4n) is 3.82. The molecule has 0 amide bonds. The van der Waals surface area contributed by atoms with Gasteiger partial charge in [0.15, 0.2) is 0 Å². The molecule has 1 aliphatic heterocycles. The molecule has 2 rings (SSSR count). The normalized spacial score (nSPS) is 34.2. The maximum atomic E-state index is 3.72. The van der Waals surface area contributed by atoms with E-state index in [0.717, 1.165) is 12.0 Å². The first-order valence-corrected chi connectivity index (χ1v) is 8.07. The average Bonchev–Trinajstić information content (AvgIpc) is 2.73. The minimum absolute atomic E-state index is 0.619. The van der Waals surface area contributed by atoms with Gasteiger partial charge in [-0.3, -0.25) is 0 Å². The molecule has 0 spiro atoms. The Morgan fingerprint density at radius 1 is 1.28 bits per heavy atom. The summed E-state index contributed by atoms with van der Waals surface area (Å²) in [5.74, 6) is 0.796. The molecule has 2 nitrogen and oxygen atoms in total. The molecule has 2 heteroatoms. The van der Waals surface area contributed by atoms with Gasteiger partial charge in [-0.25, -0.2) is 0 Å². The highest BCUT2D eigenvalue weighted by Gasteiger charge is 2.31. The third-order valence-corrected chi connectivity index (χ3v) is 5.03. The van der Waals surface area contributed by atoms with Gasteiger partial charge in [-0.15, -0.1) is 0 Å². The summed E-state index contributed by atoms with van der Waals surface area (Å²) in [4.78, 5) is 2.76. The third-order valence-electron chi connectivity index (χ3n) is 5.03. The highest BCUT2D eigenvalue weighted by atomic mass is 15.1. The number of nitrogens with zero attached hydrogens (tertiary/aromatic N) is 1. The topological polar surface area (TPSA) is 15.3 Å². The molecule has 0 bridgehead atoms. The smallest absolute Gasteiger partial charge is 0.00767 e. The molecule has 1 N–H and O–H groups in total. The van der Waals surface area contributed by atoms with Crippen LogP contribution in [-0.2, 0) is 0 Å². The lowest BCUT2D eigenvalue weighted by Gasteiger charge is -2.37. The Morgan fingerprint density at radius 2 is 2.00 bits per heavy atom. The minimum atomic E-state index is 0.619. The Bertz CT molecular complexity index is 245. The molecule has 2 unspecified atom stereocenters. The van der Waals surface area contributed by atoms with Gasteiger partial charge in [-0.05, 0) is 50.1 Å². The molecule has 2 atom stereocenters. The zero-order valence-corrected chi connectivity index (χ0v) is 12.7. The van der Waals surface area contributed by atoms with Crippen LogP contribution >= 0.6 is 0 Å². The molecule has 1 saturated carbocycles. The van der Waals surface area contributed by atoms with Gasteiger partial charge in [-0.2, -0.15) is 0 Å². The summed E-state index contributed by atoms with van der Waals surface area (Å²) in [6, 6.07) is 0.742. The monoisotopic (exact) mass is 252 g/mol. The maximum absolute atomic E-state index is 3.72. The molecular weight excluding hydrogens is 220 g/mol. The van der Waals surface area contributed by atoms with Gasteiger partial charge < -0.3 is 10.2 Å². The first-order valence-electron chi connectivity index (χ1n) is 8.07. The fourth-order valence-corrected chi connectivity index (χ4v) is 3.82. The Kier molecular flexibility index (Phi) is 5.08. The van der Waals surface area contributed by atoms with E-state index in [9.17, 15) is 0 Å². The van der Waals surface area contributed by atoms with Gasteiger partial charge >= 0.3 is 0 Å². The van der Waals surface area contributed by atoms with Crippen LogP contribution in [0.25, 0.3) is 0 Å². The van der Waals surface area contributed by atoms with E-state index < -0.39 is 0 Å².